The van der Waals surface area contributed by atoms with Gasteiger partial charge in [-0.05, 0) is 55.7 Å². The summed E-state index contributed by atoms with van der Waals surface area (Å²) in [6, 6.07) is 13.1. The summed E-state index contributed by atoms with van der Waals surface area (Å²) in [7, 11) is 3.34. The van der Waals surface area contributed by atoms with Crippen molar-refractivity contribution >= 4 is 16.9 Å². The monoisotopic (exact) mass is 446 g/mol. The number of aromatic nitrogens is 3. The van der Waals surface area contributed by atoms with E-state index in [0.717, 1.165) is 22.2 Å². The van der Waals surface area contributed by atoms with Crippen LogP contribution < -0.4 is 10.4 Å². The maximum atomic E-state index is 12.9. The fraction of sp³-hybridized carbons (Fsp3) is 0.280. The third-order valence-electron chi connectivity index (χ3n) is 6.12. The van der Waals surface area contributed by atoms with Crippen LogP contribution in [0.15, 0.2) is 64.3 Å². The molecule has 2 aromatic carbocycles. The van der Waals surface area contributed by atoms with Crippen molar-refractivity contribution in [2.45, 2.75) is 32.7 Å². The molecule has 170 valence electrons. The summed E-state index contributed by atoms with van der Waals surface area (Å²) >= 11 is 0. The van der Waals surface area contributed by atoms with Crippen LogP contribution in [0.4, 0.5) is 0 Å². The van der Waals surface area contributed by atoms with Gasteiger partial charge < -0.3 is 14.1 Å². The van der Waals surface area contributed by atoms with Gasteiger partial charge >= 0.3 is 5.63 Å². The lowest BCUT2D eigenvalue weighted by Crippen LogP contribution is -2.30. The van der Waals surface area contributed by atoms with Gasteiger partial charge in [0.2, 0.25) is 5.91 Å². The first-order valence-electron chi connectivity index (χ1n) is 10.7. The van der Waals surface area contributed by atoms with Crippen LogP contribution in [0.25, 0.3) is 16.7 Å². The van der Waals surface area contributed by atoms with E-state index in [9.17, 15) is 9.59 Å². The minimum absolute atomic E-state index is 0.0449. The Morgan fingerprint density at radius 1 is 1.21 bits per heavy atom. The van der Waals surface area contributed by atoms with Gasteiger partial charge in [-0.1, -0.05) is 12.1 Å². The molecular weight excluding hydrogens is 420 g/mol. The lowest BCUT2D eigenvalue weighted by Gasteiger charge is -2.25. The molecule has 2 aromatic heterocycles. The molecule has 2 heterocycles. The van der Waals surface area contributed by atoms with Gasteiger partial charge in [-0.15, -0.1) is 0 Å². The fourth-order valence-corrected chi connectivity index (χ4v) is 3.89. The zero-order chi connectivity index (χ0) is 23.5. The summed E-state index contributed by atoms with van der Waals surface area (Å²) in [5.74, 6) is 0.578. The average Bonchev–Trinajstić information content (AvgIpc) is 3.37. The molecule has 0 aliphatic heterocycles. The third kappa shape index (κ3) is 4.50. The van der Waals surface area contributed by atoms with E-state index in [4.69, 9.17) is 9.15 Å². The molecule has 0 radical (unpaired) electrons. The normalized spacial score (nSPS) is 12.0. The predicted octanol–water partition coefficient (Wildman–Crippen LogP) is 3.84. The van der Waals surface area contributed by atoms with Gasteiger partial charge in [0.1, 0.15) is 24.0 Å². The molecule has 0 saturated heterocycles. The van der Waals surface area contributed by atoms with Gasteiger partial charge in [0.05, 0.1) is 18.8 Å². The first-order valence-corrected chi connectivity index (χ1v) is 10.7. The number of carbonyl (C=O) groups excluding carboxylic acids is 1. The van der Waals surface area contributed by atoms with Gasteiger partial charge in [-0.3, -0.25) is 4.79 Å². The Labute approximate surface area is 191 Å². The molecule has 0 aliphatic rings. The highest BCUT2D eigenvalue weighted by Crippen LogP contribution is 2.25. The van der Waals surface area contributed by atoms with Crippen molar-refractivity contribution < 1.29 is 13.9 Å². The first kappa shape index (κ1) is 22.3. The molecule has 4 rings (SSSR count). The lowest BCUT2D eigenvalue weighted by molar-refractivity contribution is -0.131. The number of carbonyl (C=O) groups is 1. The lowest BCUT2D eigenvalue weighted by atomic mass is 10.0. The van der Waals surface area contributed by atoms with Crippen molar-refractivity contribution in [2.75, 3.05) is 14.2 Å². The molecule has 0 bridgehead atoms. The Morgan fingerprint density at radius 3 is 2.64 bits per heavy atom. The Balaban J connectivity index is 1.46. The second-order valence-corrected chi connectivity index (χ2v) is 7.97. The SMILES string of the molecule is COc1ccc2c(C)c(CCC(=O)N(C)[C@H](C)c3ccc(-n4cncn4)cc3)c(=O)oc2c1. The van der Waals surface area contributed by atoms with Crippen LogP contribution in [0.3, 0.4) is 0 Å². The maximum Gasteiger partial charge on any atom is 0.339 e. The van der Waals surface area contributed by atoms with E-state index < -0.39 is 5.63 Å². The van der Waals surface area contributed by atoms with Crippen molar-refractivity contribution in [2.24, 2.45) is 0 Å². The van der Waals surface area contributed by atoms with Crippen LogP contribution in [0.2, 0.25) is 0 Å². The van der Waals surface area contributed by atoms with Crippen LogP contribution in [-0.2, 0) is 11.2 Å². The molecule has 0 N–H and O–H groups in total. The standard InChI is InChI=1S/C25H26N4O4/c1-16-21-10-9-20(32-4)13-23(21)33-25(31)22(16)11-12-24(30)28(3)17(2)18-5-7-19(8-6-18)29-15-26-14-27-29/h5-10,13-15,17H,11-12H2,1-4H3/t17-/m1/s1. The van der Waals surface area contributed by atoms with Crippen molar-refractivity contribution in [3.8, 4) is 11.4 Å². The molecule has 8 nitrogen and oxygen atoms in total. The van der Waals surface area contributed by atoms with Crippen molar-refractivity contribution in [3.05, 3.63) is 82.2 Å². The third-order valence-corrected chi connectivity index (χ3v) is 6.12. The highest BCUT2D eigenvalue weighted by Gasteiger charge is 2.19. The number of amides is 1. The number of fused-ring (bicyclic) bond motifs is 1. The zero-order valence-corrected chi connectivity index (χ0v) is 19.1. The van der Waals surface area contributed by atoms with E-state index in [2.05, 4.69) is 10.1 Å². The van der Waals surface area contributed by atoms with Crippen LogP contribution in [-0.4, -0.2) is 39.7 Å². The molecule has 0 saturated carbocycles. The number of nitrogens with zero attached hydrogens (tertiary/aromatic N) is 4. The minimum atomic E-state index is -0.416. The fourth-order valence-electron chi connectivity index (χ4n) is 3.89. The van der Waals surface area contributed by atoms with Gasteiger partial charge in [-0.25, -0.2) is 14.5 Å². The van der Waals surface area contributed by atoms with E-state index in [1.807, 2.05) is 50.2 Å². The van der Waals surface area contributed by atoms with Gasteiger partial charge in [0.15, 0.2) is 0 Å². The first-order chi connectivity index (χ1) is 15.9. The van der Waals surface area contributed by atoms with Crippen molar-refractivity contribution in [3.63, 3.8) is 0 Å². The molecule has 33 heavy (non-hydrogen) atoms. The number of hydrogen-bond acceptors (Lipinski definition) is 6. The van der Waals surface area contributed by atoms with Crippen LogP contribution in [0.1, 0.15) is 36.1 Å². The van der Waals surface area contributed by atoms with Gasteiger partial charge in [0.25, 0.3) is 0 Å². The van der Waals surface area contributed by atoms with Crippen molar-refractivity contribution in [1.82, 2.24) is 19.7 Å². The number of methoxy groups -OCH3 is 1. The molecule has 0 aliphatic carbocycles. The summed E-state index contributed by atoms with van der Waals surface area (Å²) in [6.07, 6.45) is 3.65. The van der Waals surface area contributed by atoms with E-state index >= 15 is 0 Å². The number of aryl methyl sites for hydroxylation is 1. The maximum absolute atomic E-state index is 12.9. The molecule has 0 spiro atoms. The summed E-state index contributed by atoms with van der Waals surface area (Å²) in [5.41, 5.74) is 3.32. The van der Waals surface area contributed by atoms with E-state index in [1.54, 1.807) is 36.1 Å². The Kier molecular flexibility index (Phi) is 6.26. The number of benzene rings is 2. The Morgan fingerprint density at radius 2 is 1.97 bits per heavy atom. The molecule has 4 aromatic rings. The van der Waals surface area contributed by atoms with E-state index in [-0.39, 0.29) is 18.4 Å². The zero-order valence-electron chi connectivity index (χ0n) is 19.1. The molecule has 0 unspecified atom stereocenters. The Hall–Kier alpha value is -3.94. The molecular formula is C25H26N4O4. The highest BCUT2D eigenvalue weighted by atomic mass is 16.5. The summed E-state index contributed by atoms with van der Waals surface area (Å²) in [5, 5.41) is 4.96. The van der Waals surface area contributed by atoms with Crippen molar-refractivity contribution in [1.29, 1.82) is 0 Å². The van der Waals surface area contributed by atoms with Crippen LogP contribution in [0.5, 0.6) is 5.75 Å². The summed E-state index contributed by atoms with van der Waals surface area (Å²) in [4.78, 5) is 31.1. The second kappa shape index (κ2) is 9.28. The smallest absolute Gasteiger partial charge is 0.339 e. The molecule has 8 heteroatoms. The highest BCUT2D eigenvalue weighted by molar-refractivity contribution is 5.83. The van der Waals surface area contributed by atoms with E-state index in [0.29, 0.717) is 23.3 Å². The predicted molar refractivity (Wildman–Crippen MR) is 125 cm³/mol. The van der Waals surface area contributed by atoms with E-state index in [1.165, 1.54) is 6.33 Å². The topological polar surface area (TPSA) is 90.5 Å². The number of ether oxygens (including phenoxy) is 1. The summed E-state index contributed by atoms with van der Waals surface area (Å²) in [6.45, 7) is 3.86. The molecule has 1 amide bonds. The minimum Gasteiger partial charge on any atom is -0.497 e. The molecule has 1 atom stereocenters. The number of rotatable bonds is 7. The summed E-state index contributed by atoms with van der Waals surface area (Å²) < 4.78 is 12.4. The second-order valence-electron chi connectivity index (χ2n) is 7.97. The van der Waals surface area contributed by atoms with Gasteiger partial charge in [0, 0.05) is 30.5 Å². The quantitative estimate of drug-likeness (QED) is 0.401. The number of hydrogen-bond donors (Lipinski definition) is 0. The van der Waals surface area contributed by atoms with Gasteiger partial charge in [-0.2, -0.15) is 5.10 Å². The van der Waals surface area contributed by atoms with Crippen LogP contribution >= 0.6 is 0 Å². The molecule has 0 fully saturated rings. The largest absolute Gasteiger partial charge is 0.497 e. The van der Waals surface area contributed by atoms with Crippen LogP contribution in [0, 0.1) is 6.92 Å². The average molecular weight is 447 g/mol. The Bertz CT molecular complexity index is 1330.